The maximum Gasteiger partial charge on any atom is 0.340 e. The lowest BCUT2D eigenvalue weighted by atomic mass is 10.1. The molecule has 0 aromatic heterocycles. The first-order valence-corrected chi connectivity index (χ1v) is 7.65. The molecule has 2 N–H and O–H groups in total. The third kappa shape index (κ3) is 3.77. The van der Waals surface area contributed by atoms with Crippen LogP contribution in [0.25, 0.3) is 0 Å². The van der Waals surface area contributed by atoms with E-state index in [1.165, 1.54) is 7.11 Å². The monoisotopic (exact) mass is 413 g/mol. The van der Waals surface area contributed by atoms with E-state index in [-0.39, 0.29) is 6.61 Å². The number of halogens is 2. The Kier molecular flexibility index (Phi) is 5.25. The van der Waals surface area contributed by atoms with Crippen LogP contribution in [0.4, 0.5) is 5.69 Å². The first-order valence-electron chi connectivity index (χ1n) is 6.06. The molecular weight excluding hydrogens is 402 g/mol. The van der Waals surface area contributed by atoms with Crippen molar-refractivity contribution in [3.05, 3.63) is 56.5 Å². The van der Waals surface area contributed by atoms with Crippen LogP contribution in [0.5, 0.6) is 5.75 Å². The van der Waals surface area contributed by atoms with Crippen molar-refractivity contribution >= 4 is 43.5 Å². The summed E-state index contributed by atoms with van der Waals surface area (Å²) >= 11 is 6.80. The Balaban J connectivity index is 2.24. The van der Waals surface area contributed by atoms with Crippen LogP contribution in [-0.2, 0) is 11.3 Å². The smallest absolute Gasteiger partial charge is 0.340 e. The normalized spacial score (nSPS) is 10.2. The van der Waals surface area contributed by atoms with E-state index in [0.717, 1.165) is 8.95 Å². The summed E-state index contributed by atoms with van der Waals surface area (Å²) in [5.41, 5.74) is 7.24. The first-order chi connectivity index (χ1) is 10.0. The highest BCUT2D eigenvalue weighted by Gasteiger charge is 2.16. The molecule has 2 aromatic rings. The molecule has 6 heteroatoms. The molecule has 2 rings (SSSR count). The summed E-state index contributed by atoms with van der Waals surface area (Å²) < 4.78 is 12.3. The molecule has 0 amide bonds. The highest BCUT2D eigenvalue weighted by molar-refractivity contribution is 9.11. The number of nitrogen functional groups attached to an aromatic ring is 1. The van der Waals surface area contributed by atoms with Gasteiger partial charge >= 0.3 is 5.97 Å². The molecule has 0 aliphatic rings. The largest absolute Gasteiger partial charge is 0.488 e. The summed E-state index contributed by atoms with van der Waals surface area (Å²) in [5, 5.41) is 0. The molecule has 0 heterocycles. The summed E-state index contributed by atoms with van der Waals surface area (Å²) in [6.07, 6.45) is 0. The van der Waals surface area contributed by atoms with Crippen LogP contribution in [0.3, 0.4) is 0 Å². The fraction of sp³-hybridized carbons (Fsp3) is 0.133. The number of nitrogens with two attached hydrogens (primary N) is 1. The zero-order valence-corrected chi connectivity index (χ0v) is 14.4. The van der Waals surface area contributed by atoms with Gasteiger partial charge in [0.2, 0.25) is 0 Å². The van der Waals surface area contributed by atoms with Crippen LogP contribution >= 0.6 is 31.9 Å². The van der Waals surface area contributed by atoms with Gasteiger partial charge in [-0.2, -0.15) is 0 Å². The maximum absolute atomic E-state index is 11.8. The third-order valence-corrected chi connectivity index (χ3v) is 3.96. The lowest BCUT2D eigenvalue weighted by Gasteiger charge is -2.12. The minimum Gasteiger partial charge on any atom is -0.488 e. The second-order valence-electron chi connectivity index (χ2n) is 4.24. The number of benzene rings is 2. The number of hydrogen-bond acceptors (Lipinski definition) is 4. The van der Waals surface area contributed by atoms with Gasteiger partial charge < -0.3 is 15.2 Å². The summed E-state index contributed by atoms with van der Waals surface area (Å²) in [6, 6.07) is 10.8. The molecular formula is C15H13Br2NO3. The summed E-state index contributed by atoms with van der Waals surface area (Å²) in [7, 11) is 1.32. The number of methoxy groups -OCH3 is 1. The van der Waals surface area contributed by atoms with Gasteiger partial charge in [-0.1, -0.05) is 28.1 Å². The Bertz CT molecular complexity index is 674. The van der Waals surface area contributed by atoms with Crippen LogP contribution in [0.2, 0.25) is 0 Å². The van der Waals surface area contributed by atoms with Gasteiger partial charge in [-0.3, -0.25) is 0 Å². The molecule has 0 saturated carbocycles. The number of esters is 1. The minimum absolute atomic E-state index is 0.218. The van der Waals surface area contributed by atoms with Crippen molar-refractivity contribution in [2.45, 2.75) is 6.61 Å². The van der Waals surface area contributed by atoms with Gasteiger partial charge in [0, 0.05) is 15.7 Å². The topological polar surface area (TPSA) is 61.5 Å². The van der Waals surface area contributed by atoms with Gasteiger partial charge in [0.25, 0.3) is 0 Å². The zero-order chi connectivity index (χ0) is 15.4. The molecule has 2 aromatic carbocycles. The Morgan fingerprint density at radius 2 is 2.00 bits per heavy atom. The number of rotatable bonds is 4. The van der Waals surface area contributed by atoms with Gasteiger partial charge in [-0.05, 0) is 40.2 Å². The standard InChI is InChI=1S/C15H13Br2NO3/c1-20-15(19)14-9(3-2-4-12(14)18)8-21-13-6-5-10(16)7-11(13)17/h2-7H,8,18H2,1H3. The molecule has 4 nitrogen and oxygen atoms in total. The second kappa shape index (κ2) is 6.95. The Morgan fingerprint density at radius 3 is 2.67 bits per heavy atom. The van der Waals surface area contributed by atoms with E-state index in [1.54, 1.807) is 18.2 Å². The van der Waals surface area contributed by atoms with E-state index < -0.39 is 5.97 Å². The average Bonchev–Trinajstić information content (AvgIpc) is 2.45. The Morgan fingerprint density at radius 1 is 1.24 bits per heavy atom. The molecule has 0 atom stereocenters. The lowest BCUT2D eigenvalue weighted by molar-refractivity contribution is 0.0599. The second-order valence-corrected chi connectivity index (χ2v) is 6.01. The zero-order valence-electron chi connectivity index (χ0n) is 11.2. The highest BCUT2D eigenvalue weighted by atomic mass is 79.9. The quantitative estimate of drug-likeness (QED) is 0.602. The Labute approximate surface area is 139 Å². The summed E-state index contributed by atoms with van der Waals surface area (Å²) in [6.45, 7) is 0.218. The molecule has 0 fully saturated rings. The van der Waals surface area contributed by atoms with Crippen molar-refractivity contribution in [3.63, 3.8) is 0 Å². The van der Waals surface area contributed by atoms with E-state index in [1.807, 2.05) is 18.2 Å². The molecule has 0 aliphatic carbocycles. The van der Waals surface area contributed by atoms with Gasteiger partial charge in [0.15, 0.2) is 0 Å². The van der Waals surface area contributed by atoms with Crippen LogP contribution in [-0.4, -0.2) is 13.1 Å². The maximum atomic E-state index is 11.8. The van der Waals surface area contributed by atoms with Crippen LogP contribution in [0.15, 0.2) is 45.3 Å². The molecule has 0 saturated heterocycles. The molecule has 110 valence electrons. The van der Waals surface area contributed by atoms with Gasteiger partial charge in [0.05, 0.1) is 17.1 Å². The van der Waals surface area contributed by atoms with E-state index in [0.29, 0.717) is 22.6 Å². The predicted molar refractivity (Wildman–Crippen MR) is 88.4 cm³/mol. The first kappa shape index (κ1) is 15.9. The predicted octanol–water partition coefficient (Wildman–Crippen LogP) is 4.16. The van der Waals surface area contributed by atoms with E-state index >= 15 is 0 Å². The fourth-order valence-electron chi connectivity index (χ4n) is 1.84. The summed E-state index contributed by atoms with van der Waals surface area (Å²) in [4.78, 5) is 11.8. The van der Waals surface area contributed by atoms with Crippen molar-refractivity contribution in [2.24, 2.45) is 0 Å². The molecule has 0 aliphatic heterocycles. The van der Waals surface area contributed by atoms with Crippen molar-refractivity contribution in [1.82, 2.24) is 0 Å². The molecule has 21 heavy (non-hydrogen) atoms. The van der Waals surface area contributed by atoms with Crippen molar-refractivity contribution in [1.29, 1.82) is 0 Å². The molecule has 0 unspecified atom stereocenters. The number of carbonyl (C=O) groups is 1. The average molecular weight is 415 g/mol. The van der Waals surface area contributed by atoms with Gasteiger partial charge in [-0.25, -0.2) is 4.79 Å². The Hall–Kier alpha value is -1.53. The lowest BCUT2D eigenvalue weighted by Crippen LogP contribution is -2.11. The third-order valence-electron chi connectivity index (χ3n) is 2.85. The molecule has 0 spiro atoms. The van der Waals surface area contributed by atoms with Crippen LogP contribution in [0, 0.1) is 0 Å². The van der Waals surface area contributed by atoms with E-state index in [9.17, 15) is 4.79 Å². The highest BCUT2D eigenvalue weighted by Crippen LogP contribution is 2.29. The minimum atomic E-state index is -0.471. The summed E-state index contributed by atoms with van der Waals surface area (Å²) in [5.74, 6) is 0.206. The number of carbonyl (C=O) groups excluding carboxylic acids is 1. The van der Waals surface area contributed by atoms with Gasteiger partial charge in [-0.15, -0.1) is 0 Å². The van der Waals surface area contributed by atoms with E-state index in [4.69, 9.17) is 15.2 Å². The molecule has 0 radical (unpaired) electrons. The fourth-order valence-corrected chi connectivity index (χ4v) is 3.00. The SMILES string of the molecule is COC(=O)c1c(N)cccc1COc1ccc(Br)cc1Br. The number of anilines is 1. The van der Waals surface area contributed by atoms with E-state index in [2.05, 4.69) is 31.9 Å². The number of hydrogen-bond donors (Lipinski definition) is 1. The van der Waals surface area contributed by atoms with Crippen molar-refractivity contribution in [3.8, 4) is 5.75 Å². The van der Waals surface area contributed by atoms with Crippen molar-refractivity contribution in [2.75, 3.05) is 12.8 Å². The van der Waals surface area contributed by atoms with Crippen molar-refractivity contribution < 1.29 is 14.3 Å². The van der Waals surface area contributed by atoms with Crippen LogP contribution in [0.1, 0.15) is 15.9 Å². The van der Waals surface area contributed by atoms with Gasteiger partial charge in [0.1, 0.15) is 12.4 Å². The van der Waals surface area contributed by atoms with Crippen LogP contribution < -0.4 is 10.5 Å². The number of ether oxygens (including phenoxy) is 2. The molecule has 0 bridgehead atoms.